The van der Waals surface area contributed by atoms with Gasteiger partial charge in [-0.25, -0.2) is 18.0 Å². The molecule has 88 valence electrons. The standard InChI is InChI=1S/C10H5F3N2O2/c11-5-1-4(2-6(12)9(5)13)7-3-8(10(16)17)15-14-7/h1-3H,(H,14,15)(H,16,17). The van der Waals surface area contributed by atoms with Crippen molar-refractivity contribution in [2.45, 2.75) is 0 Å². The summed E-state index contributed by atoms with van der Waals surface area (Å²) in [6.07, 6.45) is 0. The van der Waals surface area contributed by atoms with Gasteiger partial charge in [-0.1, -0.05) is 0 Å². The average molecular weight is 242 g/mol. The summed E-state index contributed by atoms with van der Waals surface area (Å²) in [4.78, 5) is 10.6. The molecule has 0 aliphatic carbocycles. The van der Waals surface area contributed by atoms with Crippen molar-refractivity contribution >= 4 is 5.97 Å². The minimum atomic E-state index is -1.58. The number of aromatic carboxylic acids is 1. The van der Waals surface area contributed by atoms with E-state index >= 15 is 0 Å². The van der Waals surface area contributed by atoms with Crippen LogP contribution in [0, 0.1) is 17.5 Å². The van der Waals surface area contributed by atoms with Gasteiger partial charge < -0.3 is 5.11 Å². The number of rotatable bonds is 2. The molecule has 0 fully saturated rings. The molecule has 4 nitrogen and oxygen atoms in total. The molecule has 0 saturated heterocycles. The van der Waals surface area contributed by atoms with E-state index in [2.05, 4.69) is 10.2 Å². The van der Waals surface area contributed by atoms with Crippen LogP contribution in [0.5, 0.6) is 0 Å². The van der Waals surface area contributed by atoms with Crippen molar-refractivity contribution in [1.29, 1.82) is 0 Å². The maximum absolute atomic E-state index is 12.9. The Morgan fingerprint density at radius 2 is 1.76 bits per heavy atom. The van der Waals surface area contributed by atoms with Crippen LogP contribution in [0.4, 0.5) is 13.2 Å². The SMILES string of the molecule is O=C(O)c1cc(-c2cc(F)c(F)c(F)c2)n[nH]1. The van der Waals surface area contributed by atoms with E-state index in [0.29, 0.717) is 0 Å². The van der Waals surface area contributed by atoms with Crippen molar-refractivity contribution < 1.29 is 23.1 Å². The van der Waals surface area contributed by atoms with Crippen LogP contribution in [0.2, 0.25) is 0 Å². The lowest BCUT2D eigenvalue weighted by molar-refractivity contribution is 0.0690. The Hall–Kier alpha value is -2.31. The first-order chi connectivity index (χ1) is 7.99. The smallest absolute Gasteiger partial charge is 0.353 e. The van der Waals surface area contributed by atoms with Gasteiger partial charge in [0.2, 0.25) is 0 Å². The van der Waals surface area contributed by atoms with Crippen LogP contribution in [-0.4, -0.2) is 21.3 Å². The van der Waals surface area contributed by atoms with Gasteiger partial charge in [0.1, 0.15) is 5.69 Å². The summed E-state index contributed by atoms with van der Waals surface area (Å²) < 4.78 is 38.5. The zero-order chi connectivity index (χ0) is 12.6. The van der Waals surface area contributed by atoms with Crippen molar-refractivity contribution in [3.8, 4) is 11.3 Å². The van der Waals surface area contributed by atoms with Gasteiger partial charge in [-0.15, -0.1) is 0 Å². The van der Waals surface area contributed by atoms with E-state index in [9.17, 15) is 18.0 Å². The predicted octanol–water partition coefficient (Wildman–Crippen LogP) is 2.19. The first-order valence-corrected chi connectivity index (χ1v) is 4.42. The summed E-state index contributed by atoms with van der Waals surface area (Å²) in [5.41, 5.74) is -0.268. The fourth-order valence-corrected chi connectivity index (χ4v) is 1.28. The fourth-order valence-electron chi connectivity index (χ4n) is 1.28. The topological polar surface area (TPSA) is 66.0 Å². The summed E-state index contributed by atoms with van der Waals surface area (Å²) in [5.74, 6) is -5.56. The second-order valence-electron chi connectivity index (χ2n) is 3.23. The molecule has 0 spiro atoms. The lowest BCUT2D eigenvalue weighted by atomic mass is 10.1. The Kier molecular flexibility index (Phi) is 2.58. The van der Waals surface area contributed by atoms with Gasteiger partial charge in [0.15, 0.2) is 17.5 Å². The van der Waals surface area contributed by atoms with Crippen LogP contribution in [0.1, 0.15) is 10.5 Å². The highest BCUT2D eigenvalue weighted by atomic mass is 19.2. The third-order valence-electron chi connectivity index (χ3n) is 2.09. The number of carboxylic acids is 1. The van der Waals surface area contributed by atoms with Gasteiger partial charge in [0, 0.05) is 5.56 Å². The average Bonchev–Trinajstić information content (AvgIpc) is 2.74. The summed E-state index contributed by atoms with van der Waals surface area (Å²) in [6, 6.07) is 2.56. The van der Waals surface area contributed by atoms with Gasteiger partial charge in [-0.2, -0.15) is 5.10 Å². The van der Waals surface area contributed by atoms with Crippen LogP contribution in [0.15, 0.2) is 18.2 Å². The normalized spacial score (nSPS) is 10.5. The van der Waals surface area contributed by atoms with E-state index in [1.165, 1.54) is 0 Å². The molecule has 0 atom stereocenters. The third kappa shape index (κ3) is 1.99. The van der Waals surface area contributed by atoms with Crippen LogP contribution in [0.25, 0.3) is 11.3 Å². The number of aromatic nitrogens is 2. The predicted molar refractivity (Wildman–Crippen MR) is 50.9 cm³/mol. The highest BCUT2D eigenvalue weighted by molar-refractivity contribution is 5.86. The number of hydrogen-bond acceptors (Lipinski definition) is 2. The number of aromatic amines is 1. The molecule has 2 rings (SSSR count). The minimum Gasteiger partial charge on any atom is -0.477 e. The molecule has 0 amide bonds. The Morgan fingerprint density at radius 3 is 2.24 bits per heavy atom. The first-order valence-electron chi connectivity index (χ1n) is 4.42. The number of hydrogen-bond donors (Lipinski definition) is 2. The quantitative estimate of drug-likeness (QED) is 0.793. The fraction of sp³-hybridized carbons (Fsp3) is 0. The zero-order valence-electron chi connectivity index (χ0n) is 8.17. The molecule has 0 aliphatic heterocycles. The summed E-state index contributed by atoms with van der Waals surface area (Å²) in [5, 5.41) is 14.3. The van der Waals surface area contributed by atoms with E-state index in [1.54, 1.807) is 0 Å². The Balaban J connectivity index is 2.49. The lowest BCUT2D eigenvalue weighted by Crippen LogP contribution is -1.95. The molecule has 0 bridgehead atoms. The molecule has 0 unspecified atom stereocenters. The van der Waals surface area contributed by atoms with Crippen molar-refractivity contribution in [3.05, 3.63) is 41.3 Å². The van der Waals surface area contributed by atoms with Gasteiger partial charge in [0.05, 0.1) is 5.69 Å². The molecule has 0 radical (unpaired) electrons. The van der Waals surface area contributed by atoms with Crippen LogP contribution in [-0.2, 0) is 0 Å². The van der Waals surface area contributed by atoms with Gasteiger partial charge in [0.25, 0.3) is 0 Å². The maximum atomic E-state index is 12.9. The Morgan fingerprint density at radius 1 is 1.18 bits per heavy atom. The van der Waals surface area contributed by atoms with Gasteiger partial charge in [-0.3, -0.25) is 5.10 Å². The molecule has 0 saturated carbocycles. The number of nitrogens with zero attached hydrogens (tertiary/aromatic N) is 1. The number of benzene rings is 1. The largest absolute Gasteiger partial charge is 0.477 e. The lowest BCUT2D eigenvalue weighted by Gasteiger charge is -1.99. The van der Waals surface area contributed by atoms with Gasteiger partial charge >= 0.3 is 5.97 Å². The zero-order valence-corrected chi connectivity index (χ0v) is 8.17. The van der Waals surface area contributed by atoms with E-state index in [0.717, 1.165) is 18.2 Å². The number of carbonyl (C=O) groups is 1. The molecule has 17 heavy (non-hydrogen) atoms. The maximum Gasteiger partial charge on any atom is 0.353 e. The van der Waals surface area contributed by atoms with Crippen molar-refractivity contribution in [2.75, 3.05) is 0 Å². The second kappa shape index (κ2) is 3.93. The number of nitrogens with one attached hydrogen (secondary N) is 1. The van der Waals surface area contributed by atoms with E-state index < -0.39 is 23.4 Å². The first kappa shape index (κ1) is 11.2. The molecule has 1 heterocycles. The minimum absolute atomic E-state index is 0.0141. The number of carboxylic acid groups (broad SMARTS) is 1. The van der Waals surface area contributed by atoms with Gasteiger partial charge in [-0.05, 0) is 18.2 Å². The second-order valence-corrected chi connectivity index (χ2v) is 3.23. The van der Waals surface area contributed by atoms with Crippen LogP contribution < -0.4 is 0 Å². The molecule has 7 heteroatoms. The molecule has 1 aromatic carbocycles. The Bertz CT molecular complexity index is 572. The molecule has 0 aliphatic rings. The van der Waals surface area contributed by atoms with E-state index in [4.69, 9.17) is 5.11 Å². The summed E-state index contributed by atoms with van der Waals surface area (Å²) >= 11 is 0. The molecular weight excluding hydrogens is 237 g/mol. The van der Waals surface area contributed by atoms with E-state index in [-0.39, 0.29) is 17.0 Å². The highest BCUT2D eigenvalue weighted by Gasteiger charge is 2.14. The van der Waals surface area contributed by atoms with Crippen LogP contribution >= 0.6 is 0 Å². The van der Waals surface area contributed by atoms with E-state index in [1.807, 2.05) is 0 Å². The Labute approximate surface area is 92.7 Å². The molecule has 1 aromatic heterocycles. The summed E-state index contributed by atoms with van der Waals surface area (Å²) in [7, 11) is 0. The van der Waals surface area contributed by atoms with Crippen molar-refractivity contribution in [2.24, 2.45) is 0 Å². The highest BCUT2D eigenvalue weighted by Crippen LogP contribution is 2.22. The van der Waals surface area contributed by atoms with Crippen LogP contribution in [0.3, 0.4) is 0 Å². The molecular formula is C10H5F3N2O2. The molecule has 2 aromatic rings. The number of H-pyrrole nitrogens is 1. The molecule has 2 N–H and O–H groups in total. The summed E-state index contributed by atoms with van der Waals surface area (Å²) in [6.45, 7) is 0. The third-order valence-corrected chi connectivity index (χ3v) is 2.09. The number of halogens is 3. The van der Waals surface area contributed by atoms with Crippen molar-refractivity contribution in [3.63, 3.8) is 0 Å². The monoisotopic (exact) mass is 242 g/mol. The van der Waals surface area contributed by atoms with Crippen molar-refractivity contribution in [1.82, 2.24) is 10.2 Å².